The molecular weight excluding hydrogens is 495 g/mol. The molecule has 6 nitrogen and oxygen atoms in total. The number of carbonyl (C=O) groups is 2. The molecule has 4 rings (SSSR count). The van der Waals surface area contributed by atoms with Gasteiger partial charge in [0.2, 0.25) is 0 Å². The maximum atomic E-state index is 13.2. The first-order valence-electron chi connectivity index (χ1n) is 12.7. The van der Waals surface area contributed by atoms with Crippen molar-refractivity contribution >= 4 is 17.6 Å². The van der Waals surface area contributed by atoms with Gasteiger partial charge in [0.15, 0.2) is 0 Å². The quantitative estimate of drug-likeness (QED) is 0.354. The van der Waals surface area contributed by atoms with Gasteiger partial charge in [-0.15, -0.1) is 0 Å². The second-order valence-corrected chi connectivity index (χ2v) is 9.93. The molecule has 38 heavy (non-hydrogen) atoms. The predicted octanol–water partition coefficient (Wildman–Crippen LogP) is 6.43. The van der Waals surface area contributed by atoms with Crippen LogP contribution >= 0.6 is 0 Å². The van der Waals surface area contributed by atoms with E-state index < -0.39 is 30.5 Å². The van der Waals surface area contributed by atoms with Gasteiger partial charge in [-0.1, -0.05) is 12.1 Å². The Kier molecular flexibility index (Phi) is 8.14. The van der Waals surface area contributed by atoms with E-state index >= 15 is 0 Å². The first-order valence-corrected chi connectivity index (χ1v) is 12.7. The zero-order chi connectivity index (χ0) is 27.4. The molecular formula is C29H32F3N3O3. The number of aromatic nitrogens is 1. The fraction of sp³-hybridized carbons (Fsp3) is 0.379. The average molecular weight is 528 g/mol. The summed E-state index contributed by atoms with van der Waals surface area (Å²) < 4.78 is 41.4. The van der Waals surface area contributed by atoms with Crippen LogP contribution in [0.2, 0.25) is 0 Å². The van der Waals surface area contributed by atoms with E-state index in [1.54, 1.807) is 29.2 Å². The molecule has 2 atom stereocenters. The van der Waals surface area contributed by atoms with Gasteiger partial charge >= 0.3 is 12.1 Å². The highest BCUT2D eigenvalue weighted by Gasteiger charge is 2.30. The number of amides is 1. The van der Waals surface area contributed by atoms with Gasteiger partial charge in [0.1, 0.15) is 0 Å². The Bertz CT molecular complexity index is 1280. The zero-order valence-electron chi connectivity index (χ0n) is 21.5. The number of hydrogen-bond acceptors (Lipinski definition) is 3. The third-order valence-corrected chi connectivity index (χ3v) is 7.13. The molecule has 1 unspecified atom stereocenters. The minimum Gasteiger partial charge on any atom is -0.481 e. The van der Waals surface area contributed by atoms with Gasteiger partial charge in [0, 0.05) is 49.7 Å². The molecule has 0 aliphatic carbocycles. The molecule has 1 aromatic heterocycles. The van der Waals surface area contributed by atoms with Crippen LogP contribution in [0.3, 0.4) is 0 Å². The zero-order valence-corrected chi connectivity index (χ0v) is 21.5. The Hall–Kier alpha value is -3.75. The standard InChI is InChI=1S/C29H32F3N3O3/c1-19-17-21(26-6-4-15-34(26)2)9-12-24(19)25(13-14-29(30,31)32)33-23-10-7-20(8-11-23)27(36)35-16-3-5-22(18-35)28(37)38/h4,6-12,15,17,22,25,33H,3,5,13-14,16,18H2,1-2H3,(H,37,38)/t22-,25?/m1/s1. The largest absolute Gasteiger partial charge is 0.481 e. The van der Waals surface area contributed by atoms with Crippen LogP contribution < -0.4 is 5.32 Å². The Balaban J connectivity index is 1.52. The number of piperidine rings is 1. The van der Waals surface area contributed by atoms with E-state index in [2.05, 4.69) is 5.32 Å². The fourth-order valence-corrected chi connectivity index (χ4v) is 5.06. The number of carbonyl (C=O) groups excluding carboxylic acids is 1. The van der Waals surface area contributed by atoms with E-state index in [0.29, 0.717) is 30.6 Å². The summed E-state index contributed by atoms with van der Waals surface area (Å²) in [7, 11) is 1.94. The highest BCUT2D eigenvalue weighted by atomic mass is 19.4. The molecule has 0 radical (unpaired) electrons. The molecule has 0 saturated carbocycles. The van der Waals surface area contributed by atoms with E-state index in [1.807, 2.05) is 55.1 Å². The first-order chi connectivity index (χ1) is 18.0. The number of likely N-dealkylation sites (tertiary alicyclic amines) is 1. The molecule has 9 heteroatoms. The summed E-state index contributed by atoms with van der Waals surface area (Å²) in [4.78, 5) is 25.8. The van der Waals surface area contributed by atoms with Gasteiger partial charge in [-0.25, -0.2) is 0 Å². The van der Waals surface area contributed by atoms with E-state index in [-0.39, 0.29) is 18.9 Å². The van der Waals surface area contributed by atoms with Gasteiger partial charge < -0.3 is 19.9 Å². The van der Waals surface area contributed by atoms with Crippen molar-refractivity contribution in [3.63, 3.8) is 0 Å². The Morgan fingerprint density at radius 3 is 2.47 bits per heavy atom. The van der Waals surface area contributed by atoms with Crippen molar-refractivity contribution in [2.24, 2.45) is 13.0 Å². The van der Waals surface area contributed by atoms with Crippen LogP contribution in [0.15, 0.2) is 60.8 Å². The molecule has 1 aliphatic rings. The number of hydrogen-bond donors (Lipinski definition) is 2. The van der Waals surface area contributed by atoms with Crippen LogP contribution in [0.1, 0.15) is 53.2 Å². The lowest BCUT2D eigenvalue weighted by Gasteiger charge is -2.30. The molecule has 2 aromatic carbocycles. The molecule has 3 aromatic rings. The normalized spacial score (nSPS) is 16.8. The number of halogens is 3. The fourth-order valence-electron chi connectivity index (χ4n) is 5.06. The van der Waals surface area contributed by atoms with Crippen molar-refractivity contribution in [3.05, 3.63) is 77.5 Å². The van der Waals surface area contributed by atoms with Gasteiger partial charge in [-0.2, -0.15) is 13.2 Å². The summed E-state index contributed by atoms with van der Waals surface area (Å²) in [5.74, 6) is -1.72. The Morgan fingerprint density at radius 2 is 1.87 bits per heavy atom. The maximum Gasteiger partial charge on any atom is 0.389 e. The summed E-state index contributed by atoms with van der Waals surface area (Å²) in [6.07, 6.45) is -2.23. The Morgan fingerprint density at radius 1 is 1.13 bits per heavy atom. The van der Waals surface area contributed by atoms with Crippen LogP contribution in [0, 0.1) is 12.8 Å². The molecule has 1 amide bonds. The van der Waals surface area contributed by atoms with Crippen molar-refractivity contribution in [1.29, 1.82) is 0 Å². The minimum absolute atomic E-state index is 0.140. The monoisotopic (exact) mass is 527 g/mol. The third-order valence-electron chi connectivity index (χ3n) is 7.13. The number of carboxylic acid groups (broad SMARTS) is 1. The van der Waals surface area contributed by atoms with Crippen molar-refractivity contribution < 1.29 is 27.9 Å². The number of anilines is 1. The van der Waals surface area contributed by atoms with Gasteiger partial charge in [-0.05, 0) is 85.3 Å². The van der Waals surface area contributed by atoms with Crippen molar-refractivity contribution in [2.75, 3.05) is 18.4 Å². The molecule has 1 saturated heterocycles. The molecule has 1 fully saturated rings. The second-order valence-electron chi connectivity index (χ2n) is 9.93. The lowest BCUT2D eigenvalue weighted by Crippen LogP contribution is -2.42. The summed E-state index contributed by atoms with van der Waals surface area (Å²) in [5, 5.41) is 12.5. The number of rotatable bonds is 8. The Labute approximate surface area is 220 Å². The first kappa shape index (κ1) is 27.3. The molecule has 2 N–H and O–H groups in total. The minimum atomic E-state index is -4.28. The van der Waals surface area contributed by atoms with Crippen LogP contribution in [0.25, 0.3) is 11.3 Å². The van der Waals surface area contributed by atoms with Gasteiger partial charge in [-0.3, -0.25) is 9.59 Å². The molecule has 2 heterocycles. The lowest BCUT2D eigenvalue weighted by atomic mass is 9.94. The smallest absolute Gasteiger partial charge is 0.389 e. The van der Waals surface area contributed by atoms with Crippen LogP contribution in [-0.4, -0.2) is 45.7 Å². The summed E-state index contributed by atoms with van der Waals surface area (Å²) in [6.45, 7) is 2.57. The van der Waals surface area contributed by atoms with Gasteiger partial charge in [0.25, 0.3) is 5.91 Å². The summed E-state index contributed by atoms with van der Waals surface area (Å²) in [5.41, 5.74) is 4.67. The maximum absolute atomic E-state index is 13.2. The highest BCUT2D eigenvalue weighted by Crippen LogP contribution is 2.33. The molecule has 1 aliphatic heterocycles. The number of carboxylic acids is 1. The van der Waals surface area contributed by atoms with Gasteiger partial charge in [0.05, 0.1) is 12.0 Å². The number of nitrogens with zero attached hydrogens (tertiary/aromatic N) is 2. The number of nitrogens with one attached hydrogen (secondary N) is 1. The van der Waals surface area contributed by atoms with E-state index in [0.717, 1.165) is 22.4 Å². The number of aryl methyl sites for hydroxylation is 2. The third kappa shape index (κ3) is 6.57. The number of aliphatic carboxylic acids is 1. The predicted molar refractivity (Wildman–Crippen MR) is 140 cm³/mol. The van der Waals surface area contributed by atoms with E-state index in [4.69, 9.17) is 0 Å². The second kappa shape index (κ2) is 11.3. The molecule has 0 spiro atoms. The SMILES string of the molecule is Cc1cc(-c2cccn2C)ccc1C(CCC(F)(F)F)Nc1ccc(C(=O)N2CCC[C@@H](C(=O)O)C2)cc1. The van der Waals surface area contributed by atoms with Crippen LogP contribution in [-0.2, 0) is 11.8 Å². The van der Waals surface area contributed by atoms with E-state index in [9.17, 15) is 27.9 Å². The summed E-state index contributed by atoms with van der Waals surface area (Å²) >= 11 is 0. The average Bonchev–Trinajstić information content (AvgIpc) is 3.32. The molecule has 0 bridgehead atoms. The summed E-state index contributed by atoms with van der Waals surface area (Å²) in [6, 6.07) is 15.7. The lowest BCUT2D eigenvalue weighted by molar-refractivity contribution is -0.143. The van der Waals surface area contributed by atoms with Crippen molar-refractivity contribution in [3.8, 4) is 11.3 Å². The highest BCUT2D eigenvalue weighted by molar-refractivity contribution is 5.95. The van der Waals surface area contributed by atoms with Crippen molar-refractivity contribution in [2.45, 2.75) is 44.8 Å². The number of alkyl halides is 3. The van der Waals surface area contributed by atoms with Crippen molar-refractivity contribution in [1.82, 2.24) is 9.47 Å². The molecule has 202 valence electrons. The number of benzene rings is 2. The van der Waals surface area contributed by atoms with E-state index in [1.165, 1.54) is 0 Å². The van der Waals surface area contributed by atoms with Crippen LogP contribution in [0.4, 0.5) is 18.9 Å². The topological polar surface area (TPSA) is 74.6 Å². The van der Waals surface area contributed by atoms with Crippen LogP contribution in [0.5, 0.6) is 0 Å².